The lowest BCUT2D eigenvalue weighted by Crippen LogP contribution is -2.42. The summed E-state index contributed by atoms with van der Waals surface area (Å²) >= 11 is 0. The van der Waals surface area contributed by atoms with E-state index in [0.717, 1.165) is 16.3 Å². The summed E-state index contributed by atoms with van der Waals surface area (Å²) in [5.74, 6) is -0.322. The maximum absolute atomic E-state index is 12.9. The number of carbonyl (C=O) groups is 3. The average Bonchev–Trinajstić information content (AvgIpc) is 3.46. The number of furan rings is 1. The number of carbonyl (C=O) groups excluding carboxylic acids is 3. The lowest BCUT2D eigenvalue weighted by molar-refractivity contribution is -0.134. The Hall–Kier alpha value is -3.88. The van der Waals surface area contributed by atoms with Crippen LogP contribution >= 0.6 is 0 Å². The van der Waals surface area contributed by atoms with Crippen LogP contribution in [0, 0.1) is 0 Å². The van der Waals surface area contributed by atoms with Gasteiger partial charge in [0, 0.05) is 11.5 Å². The van der Waals surface area contributed by atoms with Crippen LogP contribution in [0.1, 0.15) is 39.1 Å². The van der Waals surface area contributed by atoms with Crippen molar-refractivity contribution in [2.75, 3.05) is 11.9 Å². The number of urea groups is 1. The molecule has 1 fully saturated rings. The molecule has 1 atom stereocenters. The van der Waals surface area contributed by atoms with Gasteiger partial charge in [-0.05, 0) is 31.2 Å². The van der Waals surface area contributed by atoms with E-state index in [4.69, 9.17) is 4.42 Å². The molecule has 1 aromatic carbocycles. The van der Waals surface area contributed by atoms with Crippen molar-refractivity contribution in [2.24, 2.45) is 0 Å². The molecule has 3 heterocycles. The van der Waals surface area contributed by atoms with Crippen molar-refractivity contribution in [1.82, 2.24) is 20.0 Å². The molecule has 0 aliphatic carbocycles. The van der Waals surface area contributed by atoms with E-state index in [-0.39, 0.29) is 5.41 Å². The van der Waals surface area contributed by atoms with Crippen LogP contribution in [0.15, 0.2) is 59.2 Å². The maximum atomic E-state index is 12.9. The number of hydrogen-bond donors (Lipinski definition) is 2. The molecule has 9 heteroatoms. The number of benzene rings is 1. The first-order chi connectivity index (χ1) is 15.1. The van der Waals surface area contributed by atoms with Crippen molar-refractivity contribution in [2.45, 2.75) is 38.6 Å². The lowest BCUT2D eigenvalue weighted by atomic mass is 9.92. The summed E-state index contributed by atoms with van der Waals surface area (Å²) in [6.07, 6.45) is 1.42. The fourth-order valence-electron chi connectivity index (χ4n) is 3.50. The quantitative estimate of drug-likeness (QED) is 0.598. The zero-order valence-electron chi connectivity index (χ0n) is 18.4. The summed E-state index contributed by atoms with van der Waals surface area (Å²) in [5.41, 5.74) is -0.0305. The molecular formula is C23H25N5O4. The summed E-state index contributed by atoms with van der Waals surface area (Å²) in [4.78, 5) is 39.1. The topological polar surface area (TPSA) is 109 Å². The van der Waals surface area contributed by atoms with Gasteiger partial charge in [0.1, 0.15) is 18.1 Å². The molecule has 0 saturated carbocycles. The summed E-state index contributed by atoms with van der Waals surface area (Å²) < 4.78 is 6.95. The molecule has 4 rings (SSSR count). The second-order valence-corrected chi connectivity index (χ2v) is 8.88. The van der Waals surface area contributed by atoms with Crippen molar-refractivity contribution < 1.29 is 18.8 Å². The molecule has 2 aromatic heterocycles. The average molecular weight is 435 g/mol. The van der Waals surface area contributed by atoms with Crippen LogP contribution in [-0.4, -0.2) is 39.1 Å². The molecule has 166 valence electrons. The highest BCUT2D eigenvalue weighted by Gasteiger charge is 2.51. The summed E-state index contributed by atoms with van der Waals surface area (Å²) in [5, 5.41) is 10.1. The van der Waals surface area contributed by atoms with E-state index in [9.17, 15) is 14.4 Å². The Morgan fingerprint density at radius 2 is 1.88 bits per heavy atom. The molecule has 1 saturated heterocycles. The van der Waals surface area contributed by atoms with Crippen molar-refractivity contribution in [3.63, 3.8) is 0 Å². The number of nitrogens with one attached hydrogen (secondary N) is 2. The van der Waals surface area contributed by atoms with Crippen molar-refractivity contribution in [3.8, 4) is 5.69 Å². The second-order valence-electron chi connectivity index (χ2n) is 8.88. The Morgan fingerprint density at radius 3 is 2.50 bits per heavy atom. The molecule has 9 nitrogen and oxygen atoms in total. The summed E-state index contributed by atoms with van der Waals surface area (Å²) in [6.45, 7) is 7.19. The van der Waals surface area contributed by atoms with Gasteiger partial charge in [-0.25, -0.2) is 9.48 Å². The van der Waals surface area contributed by atoms with Crippen LogP contribution in [0.5, 0.6) is 0 Å². The molecule has 1 aliphatic rings. The third kappa shape index (κ3) is 3.77. The van der Waals surface area contributed by atoms with Crippen LogP contribution in [0.3, 0.4) is 0 Å². The Labute approximate surface area is 185 Å². The third-order valence-corrected chi connectivity index (χ3v) is 5.34. The van der Waals surface area contributed by atoms with Gasteiger partial charge in [-0.1, -0.05) is 39.0 Å². The molecule has 3 aromatic rings. The van der Waals surface area contributed by atoms with E-state index < -0.39 is 29.9 Å². The smallest absolute Gasteiger partial charge is 0.325 e. The molecule has 0 spiro atoms. The van der Waals surface area contributed by atoms with E-state index in [1.807, 2.05) is 51.1 Å². The SMILES string of the molecule is CC(C)(C)c1cc(NC(=O)CN2C(=O)NC(C)(c3ccco3)C2=O)n(-c2ccccc2)n1. The van der Waals surface area contributed by atoms with Gasteiger partial charge in [0.2, 0.25) is 5.91 Å². The number of hydrogen-bond acceptors (Lipinski definition) is 5. The van der Waals surface area contributed by atoms with Gasteiger partial charge in [0.05, 0.1) is 17.6 Å². The predicted octanol–water partition coefficient (Wildman–Crippen LogP) is 3.17. The van der Waals surface area contributed by atoms with Crippen LogP contribution < -0.4 is 10.6 Å². The molecule has 32 heavy (non-hydrogen) atoms. The fourth-order valence-corrected chi connectivity index (χ4v) is 3.50. The van der Waals surface area contributed by atoms with Gasteiger partial charge in [-0.15, -0.1) is 0 Å². The minimum atomic E-state index is -1.36. The maximum Gasteiger partial charge on any atom is 0.325 e. The van der Waals surface area contributed by atoms with Crippen molar-refractivity contribution >= 4 is 23.7 Å². The molecule has 2 N–H and O–H groups in total. The van der Waals surface area contributed by atoms with Gasteiger partial charge in [0.25, 0.3) is 5.91 Å². The summed E-state index contributed by atoms with van der Waals surface area (Å²) in [7, 11) is 0. The van der Waals surface area contributed by atoms with E-state index in [0.29, 0.717) is 11.6 Å². The highest BCUT2D eigenvalue weighted by atomic mass is 16.3. The Bertz CT molecular complexity index is 1160. The van der Waals surface area contributed by atoms with Crippen LogP contribution in [0.4, 0.5) is 10.6 Å². The Kier molecular flexibility index (Phi) is 5.12. The molecule has 0 radical (unpaired) electrons. The van der Waals surface area contributed by atoms with Gasteiger partial charge < -0.3 is 15.1 Å². The normalized spacial score (nSPS) is 18.7. The number of rotatable bonds is 5. The van der Waals surface area contributed by atoms with Gasteiger partial charge in [-0.3, -0.25) is 14.5 Å². The first kappa shape index (κ1) is 21.4. The molecule has 4 amide bonds. The van der Waals surface area contributed by atoms with Gasteiger partial charge >= 0.3 is 6.03 Å². The highest BCUT2D eigenvalue weighted by Crippen LogP contribution is 2.29. The second kappa shape index (κ2) is 7.67. The minimum absolute atomic E-state index is 0.241. The largest absolute Gasteiger partial charge is 0.466 e. The van der Waals surface area contributed by atoms with E-state index >= 15 is 0 Å². The molecule has 1 aliphatic heterocycles. The van der Waals surface area contributed by atoms with E-state index in [2.05, 4.69) is 15.7 Å². The number of amides is 4. The number of aromatic nitrogens is 2. The number of para-hydroxylation sites is 1. The highest BCUT2D eigenvalue weighted by molar-refractivity contribution is 6.09. The van der Waals surface area contributed by atoms with Crippen LogP contribution in [-0.2, 0) is 20.5 Å². The first-order valence-corrected chi connectivity index (χ1v) is 10.2. The fraction of sp³-hybridized carbons (Fsp3) is 0.304. The number of nitrogens with zero attached hydrogens (tertiary/aromatic N) is 3. The van der Waals surface area contributed by atoms with Crippen molar-refractivity contribution in [1.29, 1.82) is 0 Å². The van der Waals surface area contributed by atoms with Crippen LogP contribution in [0.25, 0.3) is 5.69 Å². The monoisotopic (exact) mass is 435 g/mol. The predicted molar refractivity (Wildman–Crippen MR) is 117 cm³/mol. The Balaban J connectivity index is 1.56. The Morgan fingerprint density at radius 1 is 1.16 bits per heavy atom. The van der Waals surface area contributed by atoms with E-state index in [1.165, 1.54) is 6.26 Å². The third-order valence-electron chi connectivity index (χ3n) is 5.34. The zero-order chi connectivity index (χ0) is 23.1. The first-order valence-electron chi connectivity index (χ1n) is 10.2. The summed E-state index contributed by atoms with van der Waals surface area (Å²) in [6, 6.07) is 13.8. The molecule has 1 unspecified atom stereocenters. The van der Waals surface area contributed by atoms with Gasteiger partial charge in [0.15, 0.2) is 5.54 Å². The van der Waals surface area contributed by atoms with E-state index in [1.54, 1.807) is 29.8 Å². The lowest BCUT2D eigenvalue weighted by Gasteiger charge is -2.18. The number of imide groups is 1. The minimum Gasteiger partial charge on any atom is -0.466 e. The standard InChI is InChI=1S/C23H25N5O4/c1-22(2,3)16-13-18(28(26-16)15-9-6-5-7-10-15)24-19(29)14-27-20(30)23(4,25-21(27)31)17-11-8-12-32-17/h5-13H,14H2,1-4H3,(H,24,29)(H,25,31). The van der Waals surface area contributed by atoms with Crippen LogP contribution in [0.2, 0.25) is 0 Å². The number of anilines is 1. The molecular weight excluding hydrogens is 410 g/mol. The zero-order valence-corrected chi connectivity index (χ0v) is 18.4. The molecule has 0 bridgehead atoms. The van der Waals surface area contributed by atoms with Gasteiger partial charge in [-0.2, -0.15) is 5.10 Å². The van der Waals surface area contributed by atoms with Crippen molar-refractivity contribution in [3.05, 3.63) is 66.2 Å².